The topological polar surface area (TPSA) is 108 Å². The van der Waals surface area contributed by atoms with Crippen LogP contribution in [0.1, 0.15) is 17.7 Å². The van der Waals surface area contributed by atoms with Crippen LogP contribution in [0.5, 0.6) is 0 Å². The average Bonchev–Trinajstić information content (AvgIpc) is 3.36. The van der Waals surface area contributed by atoms with E-state index in [1.165, 1.54) is 11.3 Å². The summed E-state index contributed by atoms with van der Waals surface area (Å²) in [6.45, 7) is 0.644. The van der Waals surface area contributed by atoms with Gasteiger partial charge in [-0.25, -0.2) is 0 Å². The lowest BCUT2D eigenvalue weighted by Crippen LogP contribution is -2.42. The fourth-order valence-corrected chi connectivity index (χ4v) is 3.40. The Morgan fingerprint density at radius 1 is 1.04 bits per heavy atom. The Morgan fingerprint density at radius 3 is 2.43 bits per heavy atom. The first-order chi connectivity index (χ1) is 13.5. The van der Waals surface area contributed by atoms with Crippen molar-refractivity contribution in [2.24, 2.45) is 0 Å². The monoisotopic (exact) mass is 400 g/mol. The Bertz CT molecular complexity index is 865. The van der Waals surface area contributed by atoms with E-state index < -0.39 is 17.7 Å². The highest BCUT2D eigenvalue weighted by Gasteiger charge is 2.21. The van der Waals surface area contributed by atoms with Crippen molar-refractivity contribution >= 4 is 46.3 Å². The Labute approximate surface area is 165 Å². The lowest BCUT2D eigenvalue weighted by molar-refractivity contribution is -0.139. The van der Waals surface area contributed by atoms with E-state index >= 15 is 0 Å². The predicted molar refractivity (Wildman–Crippen MR) is 106 cm³/mol. The van der Waals surface area contributed by atoms with Gasteiger partial charge in [-0.1, -0.05) is 6.07 Å². The van der Waals surface area contributed by atoms with Gasteiger partial charge in [-0.2, -0.15) is 0 Å². The molecular formula is C19H20N4O4S. The summed E-state index contributed by atoms with van der Waals surface area (Å²) in [5.74, 6) is -2.02. The molecule has 0 unspecified atom stereocenters. The summed E-state index contributed by atoms with van der Waals surface area (Å²) in [6.07, 6.45) is 1.40. The fourth-order valence-electron chi connectivity index (χ4n) is 2.75. The van der Waals surface area contributed by atoms with Crippen molar-refractivity contribution in [3.8, 4) is 0 Å². The number of nitrogens with one attached hydrogen (secondary N) is 3. The molecule has 1 fully saturated rings. The first-order valence-corrected chi connectivity index (χ1v) is 9.69. The van der Waals surface area contributed by atoms with Gasteiger partial charge in [-0.3, -0.25) is 19.2 Å². The Hall–Kier alpha value is -3.20. The summed E-state index contributed by atoms with van der Waals surface area (Å²) >= 11 is 1.47. The molecule has 1 aromatic heterocycles. The minimum Gasteiger partial charge on any atom is -0.343 e. The SMILES string of the molecule is O=C(CNC(=O)C(=O)NCc1cccs1)Nc1ccc(N2CCCC2=O)cc1. The zero-order valence-electron chi connectivity index (χ0n) is 15.1. The molecule has 0 spiro atoms. The molecule has 1 aliphatic rings. The molecule has 0 bridgehead atoms. The number of hydrogen-bond donors (Lipinski definition) is 3. The molecule has 1 aromatic carbocycles. The van der Waals surface area contributed by atoms with Crippen molar-refractivity contribution in [3.05, 3.63) is 46.7 Å². The maximum atomic E-state index is 12.0. The highest BCUT2D eigenvalue weighted by Crippen LogP contribution is 2.22. The Balaban J connectivity index is 1.41. The van der Waals surface area contributed by atoms with Crippen molar-refractivity contribution in [3.63, 3.8) is 0 Å². The van der Waals surface area contributed by atoms with Crippen LogP contribution in [0.25, 0.3) is 0 Å². The van der Waals surface area contributed by atoms with E-state index in [0.717, 1.165) is 17.0 Å². The molecule has 0 atom stereocenters. The number of anilines is 2. The molecule has 2 aromatic rings. The second kappa shape index (κ2) is 9.14. The van der Waals surface area contributed by atoms with E-state index in [9.17, 15) is 19.2 Å². The zero-order chi connectivity index (χ0) is 19.9. The molecule has 3 rings (SSSR count). The standard InChI is InChI=1S/C19H20N4O4S/c24-16(12-21-19(27)18(26)20-11-15-3-2-10-28-15)22-13-5-7-14(8-6-13)23-9-1-4-17(23)25/h2-3,5-8,10H,1,4,9,11-12H2,(H,20,26)(H,21,27)(H,22,24). The van der Waals surface area contributed by atoms with E-state index in [-0.39, 0.29) is 19.0 Å². The molecule has 0 radical (unpaired) electrons. The summed E-state index contributed by atoms with van der Waals surface area (Å²) in [5, 5.41) is 9.28. The van der Waals surface area contributed by atoms with Crippen LogP contribution in [0.2, 0.25) is 0 Å². The number of hydrogen-bond acceptors (Lipinski definition) is 5. The van der Waals surface area contributed by atoms with Crippen LogP contribution in [0.4, 0.5) is 11.4 Å². The van der Waals surface area contributed by atoms with Crippen molar-refractivity contribution < 1.29 is 19.2 Å². The molecule has 0 aliphatic carbocycles. The van der Waals surface area contributed by atoms with Gasteiger partial charge in [-0.15, -0.1) is 11.3 Å². The zero-order valence-corrected chi connectivity index (χ0v) is 15.9. The Morgan fingerprint density at radius 2 is 1.79 bits per heavy atom. The van der Waals surface area contributed by atoms with E-state index in [0.29, 0.717) is 18.7 Å². The number of amides is 4. The molecule has 4 amide bonds. The number of benzene rings is 1. The molecular weight excluding hydrogens is 380 g/mol. The molecule has 1 aliphatic heterocycles. The van der Waals surface area contributed by atoms with Gasteiger partial charge < -0.3 is 20.9 Å². The first-order valence-electron chi connectivity index (χ1n) is 8.81. The van der Waals surface area contributed by atoms with Gasteiger partial charge >= 0.3 is 11.8 Å². The highest BCUT2D eigenvalue weighted by atomic mass is 32.1. The molecule has 146 valence electrons. The number of thiophene rings is 1. The Kier molecular flexibility index (Phi) is 6.38. The lowest BCUT2D eigenvalue weighted by Gasteiger charge is -2.16. The second-order valence-electron chi connectivity index (χ2n) is 6.19. The summed E-state index contributed by atoms with van der Waals surface area (Å²) in [6, 6.07) is 10.6. The van der Waals surface area contributed by atoms with Crippen LogP contribution < -0.4 is 20.9 Å². The van der Waals surface area contributed by atoms with Crippen LogP contribution in [0.15, 0.2) is 41.8 Å². The number of nitrogens with zero attached hydrogens (tertiary/aromatic N) is 1. The van der Waals surface area contributed by atoms with Gasteiger partial charge in [0.15, 0.2) is 0 Å². The molecule has 2 heterocycles. The minimum absolute atomic E-state index is 0.0943. The van der Waals surface area contributed by atoms with Gasteiger partial charge in [0, 0.05) is 29.2 Å². The van der Waals surface area contributed by atoms with Crippen molar-refractivity contribution in [1.29, 1.82) is 0 Å². The molecule has 3 N–H and O–H groups in total. The number of carbonyl (C=O) groups is 4. The maximum absolute atomic E-state index is 12.0. The third-order valence-corrected chi connectivity index (χ3v) is 5.03. The van der Waals surface area contributed by atoms with E-state index in [1.807, 2.05) is 17.5 Å². The summed E-state index contributed by atoms with van der Waals surface area (Å²) in [5.41, 5.74) is 1.33. The summed E-state index contributed by atoms with van der Waals surface area (Å²) in [7, 11) is 0. The van der Waals surface area contributed by atoms with E-state index in [2.05, 4.69) is 16.0 Å². The first kappa shape index (κ1) is 19.6. The van der Waals surface area contributed by atoms with Crippen LogP contribution in [-0.2, 0) is 25.7 Å². The maximum Gasteiger partial charge on any atom is 0.309 e. The predicted octanol–water partition coefficient (Wildman–Crippen LogP) is 1.25. The van der Waals surface area contributed by atoms with Gasteiger partial charge in [0.05, 0.1) is 13.1 Å². The van der Waals surface area contributed by atoms with Crippen LogP contribution in [0, 0.1) is 0 Å². The van der Waals surface area contributed by atoms with Gasteiger partial charge in [0.25, 0.3) is 0 Å². The van der Waals surface area contributed by atoms with Crippen LogP contribution in [0.3, 0.4) is 0 Å². The summed E-state index contributed by atoms with van der Waals surface area (Å²) < 4.78 is 0. The van der Waals surface area contributed by atoms with Gasteiger partial charge in [0.1, 0.15) is 0 Å². The van der Waals surface area contributed by atoms with Crippen molar-refractivity contribution in [1.82, 2.24) is 10.6 Å². The smallest absolute Gasteiger partial charge is 0.309 e. The third-order valence-electron chi connectivity index (χ3n) is 4.16. The molecule has 9 heteroatoms. The van der Waals surface area contributed by atoms with Crippen molar-refractivity contribution in [2.45, 2.75) is 19.4 Å². The van der Waals surface area contributed by atoms with E-state index in [4.69, 9.17) is 0 Å². The fraction of sp³-hybridized carbons (Fsp3) is 0.263. The lowest BCUT2D eigenvalue weighted by atomic mass is 10.2. The van der Waals surface area contributed by atoms with Gasteiger partial charge in [-0.05, 0) is 42.1 Å². The third kappa shape index (κ3) is 5.17. The normalized spacial score (nSPS) is 13.3. The number of carbonyl (C=O) groups excluding carboxylic acids is 4. The largest absolute Gasteiger partial charge is 0.343 e. The summed E-state index contributed by atoms with van der Waals surface area (Å²) in [4.78, 5) is 49.8. The second-order valence-corrected chi connectivity index (χ2v) is 7.22. The van der Waals surface area contributed by atoms with Crippen molar-refractivity contribution in [2.75, 3.05) is 23.3 Å². The minimum atomic E-state index is -0.866. The van der Waals surface area contributed by atoms with Gasteiger partial charge in [0.2, 0.25) is 11.8 Å². The number of rotatable bonds is 6. The molecule has 28 heavy (non-hydrogen) atoms. The highest BCUT2D eigenvalue weighted by molar-refractivity contribution is 7.09. The average molecular weight is 400 g/mol. The van der Waals surface area contributed by atoms with Crippen LogP contribution >= 0.6 is 11.3 Å². The van der Waals surface area contributed by atoms with Crippen LogP contribution in [-0.4, -0.2) is 36.7 Å². The van der Waals surface area contributed by atoms with E-state index in [1.54, 1.807) is 29.2 Å². The molecule has 8 nitrogen and oxygen atoms in total. The molecule has 0 saturated carbocycles. The molecule has 1 saturated heterocycles. The quantitative estimate of drug-likeness (QED) is 0.634.